The van der Waals surface area contributed by atoms with Crippen LogP contribution in [0, 0.1) is 0 Å². The van der Waals surface area contributed by atoms with Crippen molar-refractivity contribution >= 4 is 5.97 Å². The minimum atomic E-state index is -0.966. The Bertz CT molecular complexity index is 615. The van der Waals surface area contributed by atoms with Crippen molar-refractivity contribution in [2.24, 2.45) is 0 Å². The summed E-state index contributed by atoms with van der Waals surface area (Å²) < 4.78 is 5.70. The van der Waals surface area contributed by atoms with Crippen molar-refractivity contribution in [3.63, 3.8) is 0 Å². The normalized spacial score (nSPS) is 11.7. The van der Waals surface area contributed by atoms with Gasteiger partial charge in [0.15, 0.2) is 0 Å². The van der Waals surface area contributed by atoms with Crippen LogP contribution in [0.4, 0.5) is 0 Å². The fourth-order valence-electron chi connectivity index (χ4n) is 1.98. The quantitative estimate of drug-likeness (QED) is 0.814. The average Bonchev–Trinajstić information content (AvgIpc) is 2.53. The van der Waals surface area contributed by atoms with E-state index in [2.05, 4.69) is 6.58 Å². The molecule has 3 heteroatoms. The summed E-state index contributed by atoms with van der Waals surface area (Å²) in [6, 6.07) is 17.4. The summed E-state index contributed by atoms with van der Waals surface area (Å²) in [5, 5.41) is 8.95. The molecule has 0 unspecified atom stereocenters. The van der Waals surface area contributed by atoms with Gasteiger partial charge >= 0.3 is 5.97 Å². The SMILES string of the molecule is C=C(C(=O)O)[C@H](C)c1ccc(OCc2ccccc2)cc1. The molecule has 0 saturated carbocycles. The summed E-state index contributed by atoms with van der Waals surface area (Å²) in [5.74, 6) is -0.423. The molecule has 0 aliphatic rings. The second-order valence-electron chi connectivity index (χ2n) is 4.90. The molecule has 0 aromatic heterocycles. The van der Waals surface area contributed by atoms with Crippen LogP contribution in [-0.2, 0) is 11.4 Å². The largest absolute Gasteiger partial charge is 0.489 e. The molecule has 0 spiro atoms. The van der Waals surface area contributed by atoms with Gasteiger partial charge in [0.2, 0.25) is 0 Å². The molecule has 1 atom stereocenters. The van der Waals surface area contributed by atoms with Crippen LogP contribution in [0.5, 0.6) is 5.75 Å². The average molecular weight is 282 g/mol. The van der Waals surface area contributed by atoms with Crippen molar-refractivity contribution in [1.82, 2.24) is 0 Å². The molecular weight excluding hydrogens is 264 g/mol. The summed E-state index contributed by atoms with van der Waals surface area (Å²) in [6.45, 7) is 5.94. The topological polar surface area (TPSA) is 46.5 Å². The van der Waals surface area contributed by atoms with E-state index in [1.54, 1.807) is 0 Å². The van der Waals surface area contributed by atoms with Gasteiger partial charge in [0.1, 0.15) is 12.4 Å². The van der Waals surface area contributed by atoms with E-state index < -0.39 is 5.97 Å². The van der Waals surface area contributed by atoms with Gasteiger partial charge in [-0.25, -0.2) is 4.79 Å². The first kappa shape index (κ1) is 14.9. The van der Waals surface area contributed by atoms with E-state index in [9.17, 15) is 4.79 Å². The number of carboxylic acid groups (broad SMARTS) is 1. The molecule has 0 aliphatic heterocycles. The van der Waals surface area contributed by atoms with E-state index in [1.165, 1.54) is 0 Å². The predicted octanol–water partition coefficient (Wildman–Crippen LogP) is 4.01. The molecular formula is C18H18O3. The van der Waals surface area contributed by atoms with Crippen LogP contribution in [0.25, 0.3) is 0 Å². The highest BCUT2D eigenvalue weighted by Crippen LogP contribution is 2.25. The molecule has 0 radical (unpaired) electrons. The Morgan fingerprint density at radius 3 is 2.33 bits per heavy atom. The van der Waals surface area contributed by atoms with Gasteiger partial charge in [-0.15, -0.1) is 0 Å². The van der Waals surface area contributed by atoms with E-state index in [0.717, 1.165) is 16.9 Å². The summed E-state index contributed by atoms with van der Waals surface area (Å²) in [4.78, 5) is 10.9. The van der Waals surface area contributed by atoms with Gasteiger partial charge < -0.3 is 9.84 Å². The van der Waals surface area contributed by atoms with Gasteiger partial charge in [-0.3, -0.25) is 0 Å². The van der Waals surface area contributed by atoms with E-state index in [0.29, 0.717) is 6.61 Å². The minimum Gasteiger partial charge on any atom is -0.489 e. The standard InChI is InChI=1S/C18H18O3/c1-13(14(2)18(19)20)16-8-10-17(11-9-16)21-12-15-6-4-3-5-7-15/h3-11,13H,2,12H2,1H3,(H,19,20)/t13-/m0/s1. The summed E-state index contributed by atoms with van der Waals surface area (Å²) >= 11 is 0. The molecule has 1 N–H and O–H groups in total. The fraction of sp³-hybridized carbons (Fsp3) is 0.167. The van der Waals surface area contributed by atoms with Crippen molar-refractivity contribution in [2.75, 3.05) is 0 Å². The molecule has 0 fully saturated rings. The maximum atomic E-state index is 10.9. The van der Waals surface area contributed by atoms with Crippen molar-refractivity contribution in [1.29, 1.82) is 0 Å². The van der Waals surface area contributed by atoms with Gasteiger partial charge in [0.05, 0.1) is 0 Å². The van der Waals surface area contributed by atoms with Crippen molar-refractivity contribution < 1.29 is 14.6 Å². The van der Waals surface area contributed by atoms with Gasteiger partial charge in [-0.1, -0.05) is 56.0 Å². The second-order valence-corrected chi connectivity index (χ2v) is 4.90. The predicted molar refractivity (Wildman–Crippen MR) is 82.4 cm³/mol. The highest BCUT2D eigenvalue weighted by molar-refractivity contribution is 5.87. The van der Waals surface area contributed by atoms with E-state index in [1.807, 2.05) is 61.5 Å². The zero-order valence-corrected chi connectivity index (χ0v) is 12.0. The zero-order valence-electron chi connectivity index (χ0n) is 12.0. The Morgan fingerprint density at radius 1 is 1.14 bits per heavy atom. The van der Waals surface area contributed by atoms with Crippen molar-refractivity contribution in [2.45, 2.75) is 19.4 Å². The first-order valence-corrected chi connectivity index (χ1v) is 6.76. The van der Waals surface area contributed by atoms with E-state index >= 15 is 0 Å². The third-order valence-electron chi connectivity index (χ3n) is 3.43. The van der Waals surface area contributed by atoms with Crippen LogP contribution in [0.2, 0.25) is 0 Å². The molecule has 0 saturated heterocycles. The van der Waals surface area contributed by atoms with Crippen LogP contribution in [0.1, 0.15) is 24.0 Å². The zero-order chi connectivity index (χ0) is 15.2. The van der Waals surface area contributed by atoms with Crippen LogP contribution in [0.3, 0.4) is 0 Å². The first-order chi connectivity index (χ1) is 10.1. The monoisotopic (exact) mass is 282 g/mol. The lowest BCUT2D eigenvalue weighted by atomic mass is 9.94. The van der Waals surface area contributed by atoms with Gasteiger partial charge in [0.25, 0.3) is 0 Å². The molecule has 0 amide bonds. The number of hydrogen-bond donors (Lipinski definition) is 1. The van der Waals surface area contributed by atoms with Crippen LogP contribution >= 0.6 is 0 Å². The van der Waals surface area contributed by atoms with E-state index in [-0.39, 0.29) is 11.5 Å². The summed E-state index contributed by atoms with van der Waals surface area (Å²) in [6.07, 6.45) is 0. The second kappa shape index (κ2) is 6.75. The van der Waals surface area contributed by atoms with E-state index in [4.69, 9.17) is 9.84 Å². The number of rotatable bonds is 6. The summed E-state index contributed by atoms with van der Waals surface area (Å²) in [7, 11) is 0. The molecule has 108 valence electrons. The van der Waals surface area contributed by atoms with Gasteiger partial charge in [0, 0.05) is 11.5 Å². The lowest BCUT2D eigenvalue weighted by molar-refractivity contribution is -0.132. The third kappa shape index (κ3) is 3.96. The van der Waals surface area contributed by atoms with Crippen molar-refractivity contribution in [3.05, 3.63) is 77.9 Å². The highest BCUT2D eigenvalue weighted by Gasteiger charge is 2.15. The number of benzene rings is 2. The van der Waals surface area contributed by atoms with Crippen molar-refractivity contribution in [3.8, 4) is 5.75 Å². The van der Waals surface area contributed by atoms with Gasteiger partial charge in [-0.2, -0.15) is 0 Å². The van der Waals surface area contributed by atoms with Crippen LogP contribution in [-0.4, -0.2) is 11.1 Å². The number of hydrogen-bond acceptors (Lipinski definition) is 2. The molecule has 0 aliphatic carbocycles. The smallest absolute Gasteiger partial charge is 0.331 e. The van der Waals surface area contributed by atoms with Gasteiger partial charge in [-0.05, 0) is 23.3 Å². The molecule has 0 heterocycles. The Labute approximate surface area is 124 Å². The molecule has 2 aromatic carbocycles. The molecule has 3 nitrogen and oxygen atoms in total. The van der Waals surface area contributed by atoms with Crippen LogP contribution < -0.4 is 4.74 Å². The maximum Gasteiger partial charge on any atom is 0.331 e. The Kier molecular flexibility index (Phi) is 4.77. The minimum absolute atomic E-state index is 0.188. The Morgan fingerprint density at radius 2 is 1.76 bits per heavy atom. The lowest BCUT2D eigenvalue weighted by Gasteiger charge is -2.13. The first-order valence-electron chi connectivity index (χ1n) is 6.76. The number of carbonyl (C=O) groups is 1. The Hall–Kier alpha value is -2.55. The molecule has 0 bridgehead atoms. The van der Waals surface area contributed by atoms with Crippen LogP contribution in [0.15, 0.2) is 66.7 Å². The number of ether oxygens (including phenoxy) is 1. The molecule has 21 heavy (non-hydrogen) atoms. The maximum absolute atomic E-state index is 10.9. The Balaban J connectivity index is 1.99. The third-order valence-corrected chi connectivity index (χ3v) is 3.43. The number of carboxylic acids is 1. The molecule has 2 aromatic rings. The highest BCUT2D eigenvalue weighted by atomic mass is 16.5. The molecule has 2 rings (SSSR count). The summed E-state index contributed by atoms with van der Waals surface area (Å²) in [5.41, 5.74) is 2.21. The lowest BCUT2D eigenvalue weighted by Crippen LogP contribution is -2.07. The fourth-order valence-corrected chi connectivity index (χ4v) is 1.98. The number of aliphatic carboxylic acids is 1.